The number of amides is 1. The Labute approximate surface area is 184 Å². The first-order chi connectivity index (χ1) is 15.0. The van der Waals surface area contributed by atoms with Crippen LogP contribution in [-0.4, -0.2) is 63.0 Å². The number of carbonyl (C=O) groups is 1. The van der Waals surface area contributed by atoms with E-state index in [1.807, 2.05) is 41.8 Å². The second-order valence-electron chi connectivity index (χ2n) is 7.42. The number of carbonyl (C=O) groups excluding carboxylic acids is 1. The van der Waals surface area contributed by atoms with Gasteiger partial charge in [-0.15, -0.1) is 0 Å². The van der Waals surface area contributed by atoms with E-state index in [0.717, 1.165) is 22.6 Å². The molecule has 1 aliphatic heterocycles. The van der Waals surface area contributed by atoms with E-state index in [0.29, 0.717) is 36.4 Å². The zero-order valence-electron chi connectivity index (χ0n) is 16.9. The van der Waals surface area contributed by atoms with Crippen molar-refractivity contribution in [3.63, 3.8) is 0 Å². The number of benzene rings is 2. The fourth-order valence-electron chi connectivity index (χ4n) is 4.15. The topological polar surface area (TPSA) is 88.4 Å². The number of para-hydroxylation sites is 1. The third-order valence-electron chi connectivity index (χ3n) is 5.74. The van der Waals surface area contributed by atoms with E-state index in [4.69, 9.17) is 0 Å². The first-order valence-corrected chi connectivity index (χ1v) is 12.3. The Morgan fingerprint density at radius 2 is 1.81 bits per heavy atom. The molecule has 0 unspecified atom stereocenters. The van der Waals surface area contributed by atoms with Crippen molar-refractivity contribution in [2.24, 2.45) is 0 Å². The summed E-state index contributed by atoms with van der Waals surface area (Å²) in [5, 5.41) is 1.03. The van der Waals surface area contributed by atoms with Gasteiger partial charge in [0.25, 0.3) is 5.91 Å². The molecular formula is C21H21N5O3S2. The normalized spacial score (nSPS) is 15.7. The molecule has 3 heterocycles. The second kappa shape index (κ2) is 7.70. The summed E-state index contributed by atoms with van der Waals surface area (Å²) in [7, 11) is -3.71. The highest BCUT2D eigenvalue weighted by Gasteiger charge is 2.33. The van der Waals surface area contributed by atoms with Crippen molar-refractivity contribution in [2.75, 3.05) is 26.2 Å². The Kier molecular flexibility index (Phi) is 4.99. The molecule has 1 fully saturated rings. The molecule has 2 aromatic heterocycles. The molecule has 1 amide bonds. The number of sulfonamides is 1. The Morgan fingerprint density at radius 1 is 1.03 bits per heavy atom. The van der Waals surface area contributed by atoms with Gasteiger partial charge in [-0.05, 0) is 31.2 Å². The van der Waals surface area contributed by atoms with E-state index in [-0.39, 0.29) is 23.9 Å². The smallest absolute Gasteiger partial charge is 0.270 e. The molecule has 10 heteroatoms. The predicted molar refractivity (Wildman–Crippen MR) is 120 cm³/mol. The third kappa shape index (κ3) is 3.31. The van der Waals surface area contributed by atoms with Gasteiger partial charge in [0.15, 0.2) is 0 Å². The molecule has 0 atom stereocenters. The lowest BCUT2D eigenvalue weighted by atomic mass is 10.2. The van der Waals surface area contributed by atoms with Gasteiger partial charge in [0, 0.05) is 43.6 Å². The molecule has 2 aromatic carbocycles. The van der Waals surface area contributed by atoms with Crippen molar-refractivity contribution in [3.8, 4) is 0 Å². The van der Waals surface area contributed by atoms with Crippen LogP contribution in [0, 0.1) is 0 Å². The summed E-state index contributed by atoms with van der Waals surface area (Å²) in [6, 6.07) is 14.8. The second-order valence-corrected chi connectivity index (χ2v) is 9.85. The summed E-state index contributed by atoms with van der Waals surface area (Å²) >= 11 is 0.999. The fraction of sp³-hybridized carbons (Fsp3) is 0.286. The number of fused-ring (bicyclic) bond motifs is 2. The Balaban J connectivity index is 1.37. The molecule has 0 aliphatic carbocycles. The largest absolute Gasteiger partial charge is 0.337 e. The predicted octanol–water partition coefficient (Wildman–Crippen LogP) is 2.81. The average Bonchev–Trinajstić information content (AvgIpc) is 3.42. The molecule has 0 N–H and O–H groups in total. The number of aromatic nitrogens is 3. The first-order valence-electron chi connectivity index (χ1n) is 10.1. The summed E-state index contributed by atoms with van der Waals surface area (Å²) in [6.45, 7) is 3.88. The third-order valence-corrected chi connectivity index (χ3v) is 8.21. The van der Waals surface area contributed by atoms with E-state index in [1.165, 1.54) is 4.31 Å². The maximum atomic E-state index is 13.2. The van der Waals surface area contributed by atoms with E-state index >= 15 is 0 Å². The summed E-state index contributed by atoms with van der Waals surface area (Å²) in [5.41, 5.74) is 2.64. The van der Waals surface area contributed by atoms with Crippen LogP contribution in [0.1, 0.15) is 17.4 Å². The summed E-state index contributed by atoms with van der Waals surface area (Å²) in [6.07, 6.45) is 0. The Morgan fingerprint density at radius 3 is 2.58 bits per heavy atom. The Bertz CT molecular complexity index is 1380. The molecule has 1 aliphatic rings. The van der Waals surface area contributed by atoms with E-state index < -0.39 is 10.0 Å². The number of aryl methyl sites for hydroxylation is 1. The maximum absolute atomic E-state index is 13.2. The molecule has 1 saturated heterocycles. The summed E-state index contributed by atoms with van der Waals surface area (Å²) in [5.74, 6) is -0.0686. The lowest BCUT2D eigenvalue weighted by Gasteiger charge is -2.34. The number of nitrogens with zero attached hydrogens (tertiary/aromatic N) is 5. The number of piperazine rings is 1. The minimum atomic E-state index is -3.71. The van der Waals surface area contributed by atoms with E-state index in [9.17, 15) is 13.2 Å². The van der Waals surface area contributed by atoms with Gasteiger partial charge >= 0.3 is 0 Å². The van der Waals surface area contributed by atoms with E-state index in [2.05, 4.69) is 8.75 Å². The highest BCUT2D eigenvalue weighted by atomic mass is 32.2. The van der Waals surface area contributed by atoms with Gasteiger partial charge in [0.2, 0.25) is 10.0 Å². The standard InChI is InChI=1S/C21H21N5O3S2/c1-2-26-17-8-4-3-6-15(17)14-18(26)21(27)24-10-12-25(13-11-24)31(28,29)19-9-5-7-16-20(19)23-30-22-16/h3-9,14H,2,10-13H2,1H3. The van der Waals surface area contributed by atoms with Gasteiger partial charge in [-0.25, -0.2) is 8.42 Å². The van der Waals surface area contributed by atoms with Crippen LogP contribution >= 0.6 is 11.7 Å². The van der Waals surface area contributed by atoms with Crippen molar-refractivity contribution < 1.29 is 13.2 Å². The minimum Gasteiger partial charge on any atom is -0.337 e. The zero-order valence-corrected chi connectivity index (χ0v) is 18.6. The fourth-order valence-corrected chi connectivity index (χ4v) is 6.33. The number of rotatable bonds is 4. The molecule has 0 radical (unpaired) electrons. The van der Waals surface area contributed by atoms with E-state index in [1.54, 1.807) is 23.1 Å². The monoisotopic (exact) mass is 455 g/mol. The lowest BCUT2D eigenvalue weighted by molar-refractivity contribution is 0.0687. The molecule has 0 spiro atoms. The number of hydrogen-bond acceptors (Lipinski definition) is 6. The van der Waals surface area contributed by atoms with Gasteiger partial charge in [0.05, 0.1) is 11.7 Å². The average molecular weight is 456 g/mol. The van der Waals surface area contributed by atoms with Crippen molar-refractivity contribution in [1.82, 2.24) is 22.5 Å². The highest BCUT2D eigenvalue weighted by molar-refractivity contribution is 7.89. The lowest BCUT2D eigenvalue weighted by Crippen LogP contribution is -2.50. The van der Waals surface area contributed by atoms with Gasteiger partial charge in [-0.1, -0.05) is 24.3 Å². The van der Waals surface area contributed by atoms with Gasteiger partial charge in [-0.2, -0.15) is 13.1 Å². The SMILES string of the molecule is CCn1c(C(=O)N2CCN(S(=O)(=O)c3cccc4nsnc34)CC2)cc2ccccc21. The molecule has 8 nitrogen and oxygen atoms in total. The van der Waals surface area contributed by atoms with Crippen LogP contribution in [0.2, 0.25) is 0 Å². The summed E-state index contributed by atoms with van der Waals surface area (Å²) < 4.78 is 38.2. The minimum absolute atomic E-state index is 0.0686. The molecule has 0 bridgehead atoms. The van der Waals surface area contributed by atoms with Crippen molar-refractivity contribution in [1.29, 1.82) is 0 Å². The van der Waals surface area contributed by atoms with Crippen LogP contribution in [-0.2, 0) is 16.6 Å². The van der Waals surface area contributed by atoms with Crippen molar-refractivity contribution in [3.05, 3.63) is 54.2 Å². The van der Waals surface area contributed by atoms with Gasteiger partial charge in [0.1, 0.15) is 21.6 Å². The van der Waals surface area contributed by atoms with Crippen LogP contribution < -0.4 is 0 Å². The van der Waals surface area contributed by atoms with Crippen molar-refractivity contribution in [2.45, 2.75) is 18.4 Å². The van der Waals surface area contributed by atoms with Crippen LogP contribution in [0.25, 0.3) is 21.9 Å². The van der Waals surface area contributed by atoms with Gasteiger partial charge in [-0.3, -0.25) is 4.79 Å². The molecule has 160 valence electrons. The molecule has 0 saturated carbocycles. The summed E-state index contributed by atoms with van der Waals surface area (Å²) in [4.78, 5) is 15.1. The molecular weight excluding hydrogens is 434 g/mol. The number of hydrogen-bond donors (Lipinski definition) is 0. The Hall–Kier alpha value is -2.82. The van der Waals surface area contributed by atoms with Crippen LogP contribution in [0.5, 0.6) is 0 Å². The van der Waals surface area contributed by atoms with Crippen LogP contribution in [0.4, 0.5) is 0 Å². The highest BCUT2D eigenvalue weighted by Crippen LogP contribution is 2.26. The quantitative estimate of drug-likeness (QED) is 0.472. The molecule has 31 heavy (non-hydrogen) atoms. The van der Waals surface area contributed by atoms with Gasteiger partial charge < -0.3 is 9.47 Å². The van der Waals surface area contributed by atoms with Crippen LogP contribution in [0.15, 0.2) is 53.4 Å². The maximum Gasteiger partial charge on any atom is 0.270 e. The van der Waals surface area contributed by atoms with Crippen molar-refractivity contribution >= 4 is 49.6 Å². The first kappa shape index (κ1) is 20.1. The molecule has 4 aromatic rings. The van der Waals surface area contributed by atoms with Crippen LogP contribution in [0.3, 0.4) is 0 Å². The molecule has 5 rings (SSSR count). The zero-order chi connectivity index (χ0) is 21.6.